The van der Waals surface area contributed by atoms with Gasteiger partial charge in [0.2, 0.25) is 0 Å². The Hall–Kier alpha value is -0.790. The van der Waals surface area contributed by atoms with Crippen molar-refractivity contribution in [3.8, 4) is 0 Å². The average Bonchev–Trinajstić information content (AvgIpc) is 2.42. The molecule has 1 aliphatic heterocycles. The monoisotopic (exact) mass is 166 g/mol. The predicted molar refractivity (Wildman–Crippen MR) is 45.2 cm³/mol. The highest BCUT2D eigenvalue weighted by Crippen LogP contribution is 2.43. The lowest BCUT2D eigenvalue weighted by Crippen LogP contribution is -2.28. The number of carbonyl (C=O) groups excluding carboxylic acids is 1. The van der Waals surface area contributed by atoms with E-state index in [9.17, 15) is 4.79 Å². The molecule has 0 saturated heterocycles. The van der Waals surface area contributed by atoms with Gasteiger partial charge in [-0.1, -0.05) is 6.92 Å². The Labute approximate surface area is 72.6 Å². The molecular formula is C10H14O2. The molecule has 0 amide bonds. The van der Waals surface area contributed by atoms with Gasteiger partial charge in [-0.15, -0.1) is 0 Å². The first kappa shape index (κ1) is 7.84. The third-order valence-electron chi connectivity index (χ3n) is 3.20. The molecule has 0 spiro atoms. The van der Waals surface area contributed by atoms with Gasteiger partial charge in [0.25, 0.3) is 0 Å². The summed E-state index contributed by atoms with van der Waals surface area (Å²) >= 11 is 0. The van der Waals surface area contributed by atoms with Crippen LogP contribution in [-0.4, -0.2) is 5.97 Å². The van der Waals surface area contributed by atoms with Crippen LogP contribution in [0.5, 0.6) is 0 Å². The molecule has 3 atom stereocenters. The van der Waals surface area contributed by atoms with E-state index in [4.69, 9.17) is 4.74 Å². The van der Waals surface area contributed by atoms with Gasteiger partial charge in [-0.2, -0.15) is 0 Å². The van der Waals surface area contributed by atoms with Gasteiger partial charge in [0.1, 0.15) is 0 Å². The maximum atomic E-state index is 11.4. The Morgan fingerprint density at radius 1 is 1.50 bits per heavy atom. The molecule has 2 rings (SSSR count). The molecule has 66 valence electrons. The zero-order valence-corrected chi connectivity index (χ0v) is 7.54. The summed E-state index contributed by atoms with van der Waals surface area (Å²) in [6.45, 7) is 4.20. The summed E-state index contributed by atoms with van der Waals surface area (Å²) in [5.74, 6) is 1.11. The van der Waals surface area contributed by atoms with Crippen LogP contribution in [0.4, 0.5) is 0 Å². The van der Waals surface area contributed by atoms with Gasteiger partial charge >= 0.3 is 5.97 Å². The molecule has 0 bridgehead atoms. The van der Waals surface area contributed by atoms with Crippen LogP contribution in [0, 0.1) is 17.8 Å². The van der Waals surface area contributed by atoms with Crippen LogP contribution in [-0.2, 0) is 9.53 Å². The molecule has 2 aliphatic rings. The molecular weight excluding hydrogens is 152 g/mol. The Kier molecular flexibility index (Phi) is 1.71. The van der Waals surface area contributed by atoms with Crippen molar-refractivity contribution in [2.24, 2.45) is 17.8 Å². The van der Waals surface area contributed by atoms with Crippen molar-refractivity contribution in [1.82, 2.24) is 0 Å². The molecule has 0 unspecified atom stereocenters. The third kappa shape index (κ3) is 0.977. The fourth-order valence-electron chi connectivity index (χ4n) is 2.42. The van der Waals surface area contributed by atoms with E-state index >= 15 is 0 Å². The molecule has 0 aromatic carbocycles. The number of hydrogen-bond donors (Lipinski definition) is 0. The number of esters is 1. The van der Waals surface area contributed by atoms with Crippen LogP contribution in [0.2, 0.25) is 0 Å². The molecule has 0 aromatic heterocycles. The largest absolute Gasteiger partial charge is 0.434 e. The third-order valence-corrected chi connectivity index (χ3v) is 3.20. The van der Waals surface area contributed by atoms with Gasteiger partial charge in [0.05, 0.1) is 12.2 Å². The molecule has 1 heterocycles. The fraction of sp³-hybridized carbons (Fsp3) is 0.700. The maximum Gasteiger partial charge on any atom is 0.314 e. The lowest BCUT2D eigenvalue weighted by Gasteiger charge is -2.25. The van der Waals surface area contributed by atoms with Gasteiger partial charge in [0.15, 0.2) is 0 Å². The molecule has 0 N–H and O–H groups in total. The van der Waals surface area contributed by atoms with E-state index in [0.717, 1.165) is 12.8 Å². The van der Waals surface area contributed by atoms with E-state index in [2.05, 4.69) is 13.8 Å². The summed E-state index contributed by atoms with van der Waals surface area (Å²) in [6, 6.07) is 0. The number of allylic oxidation sites excluding steroid dienone is 1. The van der Waals surface area contributed by atoms with E-state index in [1.165, 1.54) is 5.57 Å². The van der Waals surface area contributed by atoms with E-state index in [-0.39, 0.29) is 11.9 Å². The van der Waals surface area contributed by atoms with Gasteiger partial charge in [-0.25, -0.2) is 0 Å². The summed E-state index contributed by atoms with van der Waals surface area (Å²) in [5.41, 5.74) is 1.24. The Morgan fingerprint density at radius 2 is 2.25 bits per heavy atom. The molecule has 1 saturated carbocycles. The SMILES string of the molecule is CC1=COC(=O)[C@H]2[C@@H]1CC[C@@H]2C. The lowest BCUT2D eigenvalue weighted by atomic mass is 9.85. The quantitative estimate of drug-likeness (QED) is 0.515. The minimum atomic E-state index is -0.0180. The first-order valence-corrected chi connectivity index (χ1v) is 4.57. The van der Waals surface area contributed by atoms with E-state index in [0.29, 0.717) is 11.8 Å². The minimum absolute atomic E-state index is 0.0180. The summed E-state index contributed by atoms with van der Waals surface area (Å²) in [5, 5.41) is 0. The van der Waals surface area contributed by atoms with Crippen LogP contribution < -0.4 is 0 Å². The second-order valence-corrected chi connectivity index (χ2v) is 3.99. The molecule has 2 heteroatoms. The average molecular weight is 166 g/mol. The number of cyclic esters (lactones) is 1. The maximum absolute atomic E-state index is 11.4. The van der Waals surface area contributed by atoms with E-state index < -0.39 is 0 Å². The second-order valence-electron chi connectivity index (χ2n) is 3.99. The molecule has 1 fully saturated rings. The van der Waals surface area contributed by atoms with Crippen LogP contribution in [0.15, 0.2) is 11.8 Å². The van der Waals surface area contributed by atoms with Crippen molar-refractivity contribution in [3.63, 3.8) is 0 Å². The summed E-state index contributed by atoms with van der Waals surface area (Å²) in [6.07, 6.45) is 3.94. The summed E-state index contributed by atoms with van der Waals surface area (Å²) in [7, 11) is 0. The first-order chi connectivity index (χ1) is 5.70. The lowest BCUT2D eigenvalue weighted by molar-refractivity contribution is -0.146. The molecule has 12 heavy (non-hydrogen) atoms. The fourth-order valence-corrected chi connectivity index (χ4v) is 2.42. The van der Waals surface area contributed by atoms with Gasteiger partial charge < -0.3 is 4.74 Å². The van der Waals surface area contributed by atoms with Gasteiger partial charge in [-0.05, 0) is 37.2 Å². The first-order valence-electron chi connectivity index (χ1n) is 4.57. The number of carbonyl (C=O) groups is 1. The second kappa shape index (κ2) is 2.61. The van der Waals surface area contributed by atoms with E-state index in [1.807, 2.05) is 0 Å². The number of rotatable bonds is 0. The normalized spacial score (nSPS) is 40.3. The van der Waals surface area contributed by atoms with Crippen LogP contribution >= 0.6 is 0 Å². The molecule has 0 aromatic rings. The standard InChI is InChI=1S/C10H14O2/c1-6-3-4-8-7(2)5-12-10(11)9(6)8/h5-6,8-9H,3-4H2,1-2H3/t6-,8+,9+/m0/s1. The Balaban J connectivity index is 2.29. The smallest absolute Gasteiger partial charge is 0.314 e. The molecule has 1 aliphatic carbocycles. The highest BCUT2D eigenvalue weighted by molar-refractivity contribution is 5.75. The minimum Gasteiger partial charge on any atom is -0.434 e. The predicted octanol–water partition coefficient (Wildman–Crippen LogP) is 2.11. The van der Waals surface area contributed by atoms with Gasteiger partial charge in [0, 0.05) is 0 Å². The van der Waals surface area contributed by atoms with E-state index in [1.54, 1.807) is 6.26 Å². The van der Waals surface area contributed by atoms with Crippen molar-refractivity contribution in [2.45, 2.75) is 26.7 Å². The highest BCUT2D eigenvalue weighted by Gasteiger charge is 2.42. The van der Waals surface area contributed by atoms with Crippen LogP contribution in [0.25, 0.3) is 0 Å². The zero-order chi connectivity index (χ0) is 8.72. The number of hydrogen-bond acceptors (Lipinski definition) is 2. The zero-order valence-electron chi connectivity index (χ0n) is 7.54. The van der Waals surface area contributed by atoms with Crippen molar-refractivity contribution in [1.29, 1.82) is 0 Å². The molecule has 0 radical (unpaired) electrons. The van der Waals surface area contributed by atoms with Crippen molar-refractivity contribution in [2.75, 3.05) is 0 Å². The highest BCUT2D eigenvalue weighted by atomic mass is 16.5. The number of fused-ring (bicyclic) bond motifs is 1. The number of ether oxygens (including phenoxy) is 1. The molecule has 2 nitrogen and oxygen atoms in total. The van der Waals surface area contributed by atoms with Crippen LogP contribution in [0.3, 0.4) is 0 Å². The van der Waals surface area contributed by atoms with Crippen LogP contribution in [0.1, 0.15) is 26.7 Å². The Bertz CT molecular complexity index is 242. The van der Waals surface area contributed by atoms with Crippen molar-refractivity contribution >= 4 is 5.97 Å². The van der Waals surface area contributed by atoms with Crippen molar-refractivity contribution < 1.29 is 9.53 Å². The van der Waals surface area contributed by atoms with Gasteiger partial charge in [-0.3, -0.25) is 4.79 Å². The topological polar surface area (TPSA) is 26.3 Å². The Morgan fingerprint density at radius 3 is 2.92 bits per heavy atom. The summed E-state index contributed by atoms with van der Waals surface area (Å²) < 4.78 is 4.97. The summed E-state index contributed by atoms with van der Waals surface area (Å²) in [4.78, 5) is 11.4. The van der Waals surface area contributed by atoms with Crippen molar-refractivity contribution in [3.05, 3.63) is 11.8 Å².